The lowest BCUT2D eigenvalue weighted by Gasteiger charge is -2.10. The van der Waals surface area contributed by atoms with Crippen molar-refractivity contribution in [3.05, 3.63) is 16.3 Å². The highest BCUT2D eigenvalue weighted by molar-refractivity contribution is 7.13. The Kier molecular flexibility index (Phi) is 1.27. The summed E-state index contributed by atoms with van der Waals surface area (Å²) in [5.74, 6) is 0. The minimum atomic E-state index is 0.381. The van der Waals surface area contributed by atoms with E-state index in [0.717, 1.165) is 0 Å². The number of hydrazone groups is 1. The molecule has 2 rings (SSSR count). The highest BCUT2D eigenvalue weighted by atomic mass is 32.1. The predicted molar refractivity (Wildman–Crippen MR) is 46.3 cm³/mol. The normalized spacial score (nSPS) is 14.7. The molecule has 0 fully saturated rings. The highest BCUT2D eigenvalue weighted by Gasteiger charge is 2.17. The van der Waals surface area contributed by atoms with Gasteiger partial charge < -0.3 is 5.34 Å². The van der Waals surface area contributed by atoms with Crippen molar-refractivity contribution in [2.45, 2.75) is 6.82 Å². The van der Waals surface area contributed by atoms with E-state index in [9.17, 15) is 0 Å². The van der Waals surface area contributed by atoms with E-state index in [0.29, 0.717) is 6.85 Å². The first-order valence-corrected chi connectivity index (χ1v) is 4.12. The zero-order valence-electron chi connectivity index (χ0n) is 5.66. The zero-order valence-corrected chi connectivity index (χ0v) is 6.48. The molecule has 1 aliphatic heterocycles. The average Bonchev–Trinajstić information content (AvgIpc) is 2.36. The van der Waals surface area contributed by atoms with Gasteiger partial charge in [-0.15, -0.1) is 11.3 Å². The van der Waals surface area contributed by atoms with Crippen molar-refractivity contribution < 1.29 is 0 Å². The molecule has 0 atom stereocenters. The SMILES string of the molecule is CB1NN=Cc2sccc21. The summed E-state index contributed by atoms with van der Waals surface area (Å²) < 4.78 is 0. The standard InChI is InChI=1S/C6H7BN2S/c1-7-5-2-3-10-6(5)4-8-9-7/h2-4,9H,1H3. The van der Waals surface area contributed by atoms with E-state index in [4.69, 9.17) is 0 Å². The molecule has 1 N–H and O–H groups in total. The molecule has 0 radical (unpaired) electrons. The van der Waals surface area contributed by atoms with Crippen LogP contribution in [0.2, 0.25) is 6.82 Å². The fourth-order valence-corrected chi connectivity index (χ4v) is 1.93. The fourth-order valence-electron chi connectivity index (χ4n) is 1.07. The quantitative estimate of drug-likeness (QED) is 0.535. The Balaban J connectivity index is 2.52. The van der Waals surface area contributed by atoms with E-state index in [1.54, 1.807) is 11.3 Å². The van der Waals surface area contributed by atoms with Gasteiger partial charge in [0.15, 0.2) is 0 Å². The molecule has 0 spiro atoms. The zero-order chi connectivity index (χ0) is 6.97. The van der Waals surface area contributed by atoms with Crippen LogP contribution in [0.25, 0.3) is 0 Å². The topological polar surface area (TPSA) is 24.4 Å². The van der Waals surface area contributed by atoms with Crippen LogP contribution in [0.5, 0.6) is 0 Å². The molecule has 0 unspecified atom stereocenters. The van der Waals surface area contributed by atoms with Gasteiger partial charge in [-0.05, 0) is 10.8 Å². The number of nitrogens with zero attached hydrogens (tertiary/aromatic N) is 1. The van der Waals surface area contributed by atoms with E-state index in [-0.39, 0.29) is 0 Å². The number of rotatable bonds is 0. The Morgan fingerprint density at radius 3 is 3.40 bits per heavy atom. The van der Waals surface area contributed by atoms with Crippen molar-refractivity contribution in [3.8, 4) is 0 Å². The monoisotopic (exact) mass is 150 g/mol. The second-order valence-corrected chi connectivity index (χ2v) is 3.30. The Labute approximate surface area is 64.1 Å². The summed E-state index contributed by atoms with van der Waals surface area (Å²) in [5.41, 5.74) is 1.36. The molecule has 0 aromatic carbocycles. The Bertz CT molecular complexity index is 268. The lowest BCUT2D eigenvalue weighted by molar-refractivity contribution is 1.07. The van der Waals surface area contributed by atoms with E-state index in [1.807, 2.05) is 6.21 Å². The molecule has 0 bridgehead atoms. The second-order valence-electron chi connectivity index (χ2n) is 2.35. The summed E-state index contributed by atoms with van der Waals surface area (Å²) in [6.07, 6.45) is 1.88. The van der Waals surface area contributed by atoms with Crippen LogP contribution in [-0.4, -0.2) is 13.1 Å². The Morgan fingerprint density at radius 1 is 1.70 bits per heavy atom. The number of fused-ring (bicyclic) bond motifs is 1. The molecule has 4 heteroatoms. The molecule has 2 nitrogen and oxygen atoms in total. The van der Waals surface area contributed by atoms with E-state index < -0.39 is 0 Å². The van der Waals surface area contributed by atoms with Gasteiger partial charge in [-0.25, -0.2) is 0 Å². The first kappa shape index (κ1) is 5.98. The van der Waals surface area contributed by atoms with E-state index in [2.05, 4.69) is 28.7 Å². The molecule has 1 aliphatic rings. The molecule has 1 aromatic rings. The highest BCUT2D eigenvalue weighted by Crippen LogP contribution is 2.06. The van der Waals surface area contributed by atoms with Crippen LogP contribution in [0.15, 0.2) is 16.5 Å². The van der Waals surface area contributed by atoms with Crippen molar-refractivity contribution in [2.75, 3.05) is 0 Å². The van der Waals surface area contributed by atoms with Gasteiger partial charge in [0.2, 0.25) is 0 Å². The van der Waals surface area contributed by atoms with Crippen LogP contribution in [0, 0.1) is 0 Å². The summed E-state index contributed by atoms with van der Waals surface area (Å²) in [5, 5.41) is 9.10. The molecule has 1 aromatic heterocycles. The number of nitrogens with one attached hydrogen (secondary N) is 1. The van der Waals surface area contributed by atoms with Gasteiger partial charge in [-0.3, -0.25) is 0 Å². The lowest BCUT2D eigenvalue weighted by atomic mass is 9.59. The van der Waals surface area contributed by atoms with Crippen LogP contribution >= 0.6 is 11.3 Å². The predicted octanol–water partition coefficient (Wildman–Crippen LogP) is 0.513. The van der Waals surface area contributed by atoms with Crippen molar-refractivity contribution >= 4 is 29.9 Å². The van der Waals surface area contributed by atoms with E-state index >= 15 is 0 Å². The molecular weight excluding hydrogens is 143 g/mol. The molecule has 2 heterocycles. The largest absolute Gasteiger partial charge is 0.347 e. The van der Waals surface area contributed by atoms with Gasteiger partial charge in [0.05, 0.1) is 6.21 Å². The molecular formula is C6H7BN2S. The Morgan fingerprint density at radius 2 is 2.60 bits per heavy atom. The van der Waals surface area contributed by atoms with Gasteiger partial charge in [-0.2, -0.15) is 5.10 Å². The van der Waals surface area contributed by atoms with Crippen LogP contribution < -0.4 is 10.8 Å². The van der Waals surface area contributed by atoms with Gasteiger partial charge in [0, 0.05) is 4.88 Å². The Hall–Kier alpha value is -0.765. The molecule has 0 amide bonds. The van der Waals surface area contributed by atoms with Crippen molar-refractivity contribution in [1.29, 1.82) is 0 Å². The van der Waals surface area contributed by atoms with Crippen molar-refractivity contribution in [2.24, 2.45) is 5.10 Å². The number of thiophene rings is 1. The smallest absolute Gasteiger partial charge is 0.303 e. The second kappa shape index (κ2) is 2.13. The lowest BCUT2D eigenvalue weighted by Crippen LogP contribution is -2.42. The maximum atomic E-state index is 4.01. The minimum absolute atomic E-state index is 0.381. The first-order chi connectivity index (χ1) is 4.88. The molecule has 50 valence electrons. The van der Waals surface area contributed by atoms with Crippen molar-refractivity contribution in [3.63, 3.8) is 0 Å². The summed E-state index contributed by atoms with van der Waals surface area (Å²) in [4.78, 5) is 1.28. The molecule has 0 aliphatic carbocycles. The average molecular weight is 150 g/mol. The first-order valence-electron chi connectivity index (χ1n) is 3.24. The molecule has 0 saturated carbocycles. The molecule has 10 heavy (non-hydrogen) atoms. The van der Waals surface area contributed by atoms with Gasteiger partial charge in [-0.1, -0.05) is 12.9 Å². The summed E-state index contributed by atoms with van der Waals surface area (Å²) >= 11 is 1.74. The van der Waals surface area contributed by atoms with Crippen LogP contribution in [-0.2, 0) is 0 Å². The van der Waals surface area contributed by atoms with Crippen LogP contribution in [0.3, 0.4) is 0 Å². The maximum absolute atomic E-state index is 4.01. The van der Waals surface area contributed by atoms with Gasteiger partial charge >= 0.3 is 6.85 Å². The fraction of sp³-hybridized carbons (Fsp3) is 0.167. The van der Waals surface area contributed by atoms with Crippen molar-refractivity contribution in [1.82, 2.24) is 5.34 Å². The third-order valence-corrected chi connectivity index (χ3v) is 2.51. The van der Waals surface area contributed by atoms with Crippen LogP contribution in [0.4, 0.5) is 0 Å². The van der Waals surface area contributed by atoms with Gasteiger partial charge in [0.1, 0.15) is 0 Å². The molecule has 0 saturated heterocycles. The minimum Gasteiger partial charge on any atom is -0.347 e. The van der Waals surface area contributed by atoms with E-state index in [1.165, 1.54) is 10.3 Å². The van der Waals surface area contributed by atoms with Crippen LogP contribution in [0.1, 0.15) is 4.88 Å². The number of hydrogen-bond acceptors (Lipinski definition) is 3. The summed E-state index contributed by atoms with van der Waals surface area (Å²) in [6.45, 7) is 2.49. The third kappa shape index (κ3) is 0.760. The van der Waals surface area contributed by atoms with Gasteiger partial charge in [0.25, 0.3) is 0 Å². The summed E-state index contributed by atoms with van der Waals surface area (Å²) in [7, 11) is 0. The maximum Gasteiger partial charge on any atom is 0.303 e. The number of hydrogen-bond donors (Lipinski definition) is 1. The third-order valence-electron chi connectivity index (χ3n) is 1.64. The summed E-state index contributed by atoms with van der Waals surface area (Å²) in [6, 6.07) is 2.14.